The van der Waals surface area contributed by atoms with Crippen LogP contribution in [0.3, 0.4) is 0 Å². The quantitative estimate of drug-likeness (QED) is 0.585. The van der Waals surface area contributed by atoms with Gasteiger partial charge in [0.25, 0.3) is 0 Å². The number of ether oxygens (including phenoxy) is 2. The third-order valence-corrected chi connectivity index (χ3v) is 4.44. The van der Waals surface area contributed by atoms with E-state index in [9.17, 15) is 4.79 Å². The molecule has 0 fully saturated rings. The molecule has 0 saturated heterocycles. The summed E-state index contributed by atoms with van der Waals surface area (Å²) in [6.45, 7) is 6.32. The number of para-hydroxylation sites is 1. The minimum Gasteiger partial charge on any atom is -0.493 e. The highest BCUT2D eigenvalue weighted by atomic mass is 16.5. The zero-order valence-electron chi connectivity index (χ0n) is 16.7. The van der Waals surface area contributed by atoms with E-state index in [0.29, 0.717) is 24.5 Å². The molecule has 0 aliphatic carbocycles. The summed E-state index contributed by atoms with van der Waals surface area (Å²) in [5, 5.41) is 0. The molecule has 2 rings (SSSR count). The second-order valence-electron chi connectivity index (χ2n) is 6.59. The van der Waals surface area contributed by atoms with E-state index in [2.05, 4.69) is 26.0 Å². The van der Waals surface area contributed by atoms with Crippen molar-refractivity contribution in [3.05, 3.63) is 59.7 Å². The van der Waals surface area contributed by atoms with Crippen LogP contribution in [0.4, 0.5) is 0 Å². The van der Waals surface area contributed by atoms with E-state index in [1.807, 2.05) is 41.3 Å². The maximum Gasteiger partial charge on any atom is 0.227 e. The second-order valence-corrected chi connectivity index (χ2v) is 6.59. The van der Waals surface area contributed by atoms with Gasteiger partial charge in [0.15, 0.2) is 11.5 Å². The minimum absolute atomic E-state index is 0.139. The van der Waals surface area contributed by atoms with Crippen LogP contribution in [0.2, 0.25) is 0 Å². The van der Waals surface area contributed by atoms with E-state index in [-0.39, 0.29) is 5.91 Å². The van der Waals surface area contributed by atoms with Gasteiger partial charge in [-0.05, 0) is 24.5 Å². The van der Waals surface area contributed by atoms with Crippen LogP contribution in [-0.4, -0.2) is 37.6 Å². The summed E-state index contributed by atoms with van der Waals surface area (Å²) in [4.78, 5) is 14.7. The van der Waals surface area contributed by atoms with E-state index < -0.39 is 0 Å². The molecule has 4 nitrogen and oxygen atoms in total. The highest BCUT2D eigenvalue weighted by molar-refractivity contribution is 5.80. The lowest BCUT2D eigenvalue weighted by molar-refractivity contribution is -0.130. The predicted molar refractivity (Wildman–Crippen MR) is 110 cm³/mol. The van der Waals surface area contributed by atoms with Crippen molar-refractivity contribution < 1.29 is 14.3 Å². The maximum absolute atomic E-state index is 12.8. The van der Waals surface area contributed by atoms with Crippen molar-refractivity contribution in [2.45, 2.75) is 39.5 Å². The smallest absolute Gasteiger partial charge is 0.227 e. The molecule has 0 atom stereocenters. The number of amides is 1. The molecule has 146 valence electrons. The fourth-order valence-electron chi connectivity index (χ4n) is 3.12. The molecule has 0 bridgehead atoms. The molecule has 0 aliphatic heterocycles. The van der Waals surface area contributed by atoms with Gasteiger partial charge in [0.2, 0.25) is 5.91 Å². The number of carbonyl (C=O) groups excluding carboxylic acids is 1. The summed E-state index contributed by atoms with van der Waals surface area (Å²) < 4.78 is 11.5. The van der Waals surface area contributed by atoms with Gasteiger partial charge in [0.05, 0.1) is 20.1 Å². The zero-order valence-corrected chi connectivity index (χ0v) is 16.7. The predicted octanol–water partition coefficient (Wildman–Crippen LogP) is 4.51. The molecule has 0 heterocycles. The Labute approximate surface area is 163 Å². The van der Waals surface area contributed by atoms with Crippen molar-refractivity contribution in [3.8, 4) is 11.5 Å². The average molecular weight is 370 g/mol. The average Bonchev–Trinajstić information content (AvgIpc) is 2.69. The lowest BCUT2D eigenvalue weighted by atomic mass is 10.1. The van der Waals surface area contributed by atoms with Crippen LogP contribution in [0.1, 0.15) is 37.8 Å². The van der Waals surface area contributed by atoms with Gasteiger partial charge in [-0.2, -0.15) is 0 Å². The first kappa shape index (κ1) is 20.8. The topological polar surface area (TPSA) is 38.8 Å². The van der Waals surface area contributed by atoms with Gasteiger partial charge < -0.3 is 14.4 Å². The number of methoxy groups -OCH3 is 1. The molecule has 0 aliphatic rings. The normalized spacial score (nSPS) is 10.5. The maximum atomic E-state index is 12.8. The van der Waals surface area contributed by atoms with Gasteiger partial charge in [-0.15, -0.1) is 0 Å². The first-order valence-corrected chi connectivity index (χ1v) is 9.79. The number of rotatable bonds is 11. The van der Waals surface area contributed by atoms with Crippen LogP contribution in [0.5, 0.6) is 11.5 Å². The van der Waals surface area contributed by atoms with E-state index in [1.54, 1.807) is 7.11 Å². The molecule has 0 radical (unpaired) electrons. The van der Waals surface area contributed by atoms with Crippen LogP contribution in [0.25, 0.3) is 0 Å². The summed E-state index contributed by atoms with van der Waals surface area (Å²) in [5.74, 6) is 1.49. The Morgan fingerprint density at radius 2 is 1.67 bits per heavy atom. The molecule has 0 spiro atoms. The Hall–Kier alpha value is -2.49. The SMILES string of the molecule is CCCN(CCC)C(=O)Cc1cccc(OC)c1OCCc1ccccc1. The molecule has 0 N–H and O–H groups in total. The highest BCUT2D eigenvalue weighted by Crippen LogP contribution is 2.32. The molecule has 27 heavy (non-hydrogen) atoms. The van der Waals surface area contributed by atoms with Gasteiger partial charge in [-0.3, -0.25) is 4.79 Å². The van der Waals surface area contributed by atoms with E-state index >= 15 is 0 Å². The first-order chi connectivity index (χ1) is 13.2. The molecule has 2 aromatic carbocycles. The van der Waals surface area contributed by atoms with Crippen LogP contribution >= 0.6 is 0 Å². The molecule has 0 unspecified atom stereocenters. The zero-order chi connectivity index (χ0) is 19.5. The van der Waals surface area contributed by atoms with E-state index in [4.69, 9.17) is 9.47 Å². The van der Waals surface area contributed by atoms with Crippen LogP contribution < -0.4 is 9.47 Å². The molecule has 4 heteroatoms. The second kappa shape index (κ2) is 11.3. The Kier molecular flexibility index (Phi) is 8.69. The summed E-state index contributed by atoms with van der Waals surface area (Å²) in [7, 11) is 1.63. The van der Waals surface area contributed by atoms with Crippen molar-refractivity contribution in [1.82, 2.24) is 4.90 Å². The fraction of sp³-hybridized carbons (Fsp3) is 0.435. The van der Waals surface area contributed by atoms with Crippen LogP contribution in [-0.2, 0) is 17.6 Å². The van der Waals surface area contributed by atoms with Crippen LogP contribution in [0, 0.1) is 0 Å². The standard InChI is InChI=1S/C23H31NO3/c1-4-15-24(16-5-2)22(25)18-20-12-9-13-21(26-3)23(20)27-17-14-19-10-7-6-8-11-19/h6-13H,4-5,14-18H2,1-3H3. The van der Waals surface area contributed by atoms with Crippen molar-refractivity contribution in [3.63, 3.8) is 0 Å². The van der Waals surface area contributed by atoms with Gasteiger partial charge in [-0.25, -0.2) is 0 Å². The first-order valence-electron chi connectivity index (χ1n) is 9.79. The van der Waals surface area contributed by atoms with E-state index in [0.717, 1.165) is 37.9 Å². The van der Waals surface area contributed by atoms with Crippen molar-refractivity contribution in [1.29, 1.82) is 0 Å². The molecule has 2 aromatic rings. The molecular weight excluding hydrogens is 338 g/mol. The molecule has 0 saturated carbocycles. The number of carbonyl (C=O) groups is 1. The minimum atomic E-state index is 0.139. The largest absolute Gasteiger partial charge is 0.493 e. The third-order valence-electron chi connectivity index (χ3n) is 4.44. The van der Waals surface area contributed by atoms with Crippen molar-refractivity contribution >= 4 is 5.91 Å². The van der Waals surface area contributed by atoms with E-state index in [1.165, 1.54) is 5.56 Å². The highest BCUT2D eigenvalue weighted by Gasteiger charge is 2.17. The molecule has 1 amide bonds. The van der Waals surface area contributed by atoms with Crippen molar-refractivity contribution in [2.24, 2.45) is 0 Å². The number of benzene rings is 2. The fourth-order valence-corrected chi connectivity index (χ4v) is 3.12. The molecule has 0 aromatic heterocycles. The Balaban J connectivity index is 2.10. The molecular formula is C23H31NO3. The van der Waals surface area contributed by atoms with Crippen LogP contribution in [0.15, 0.2) is 48.5 Å². The Bertz CT molecular complexity index is 694. The third kappa shape index (κ3) is 6.31. The number of hydrogen-bond acceptors (Lipinski definition) is 3. The van der Waals surface area contributed by atoms with Gasteiger partial charge >= 0.3 is 0 Å². The number of hydrogen-bond donors (Lipinski definition) is 0. The van der Waals surface area contributed by atoms with Crippen molar-refractivity contribution in [2.75, 3.05) is 26.8 Å². The lowest BCUT2D eigenvalue weighted by Gasteiger charge is -2.22. The summed E-state index contributed by atoms with van der Waals surface area (Å²) >= 11 is 0. The number of nitrogens with zero attached hydrogens (tertiary/aromatic N) is 1. The Morgan fingerprint density at radius 3 is 2.30 bits per heavy atom. The lowest BCUT2D eigenvalue weighted by Crippen LogP contribution is -2.33. The van der Waals surface area contributed by atoms with Gasteiger partial charge in [0.1, 0.15) is 0 Å². The summed E-state index contributed by atoms with van der Waals surface area (Å²) in [5.41, 5.74) is 2.10. The van der Waals surface area contributed by atoms with Gasteiger partial charge in [0, 0.05) is 25.1 Å². The van der Waals surface area contributed by atoms with Gasteiger partial charge in [-0.1, -0.05) is 56.3 Å². The summed E-state index contributed by atoms with van der Waals surface area (Å²) in [6.07, 6.45) is 3.07. The monoisotopic (exact) mass is 369 g/mol. The Morgan fingerprint density at radius 1 is 0.963 bits per heavy atom. The summed E-state index contributed by atoms with van der Waals surface area (Å²) in [6, 6.07) is 16.0.